The van der Waals surface area contributed by atoms with E-state index in [1.54, 1.807) is 6.07 Å². The van der Waals surface area contributed by atoms with E-state index in [-0.39, 0.29) is 30.6 Å². The van der Waals surface area contributed by atoms with E-state index in [1.165, 1.54) is 11.1 Å². The molecule has 37 heavy (non-hydrogen) atoms. The van der Waals surface area contributed by atoms with Crippen molar-refractivity contribution in [2.75, 3.05) is 26.2 Å². The third-order valence-corrected chi connectivity index (χ3v) is 7.08. The molecule has 1 heterocycles. The highest BCUT2D eigenvalue weighted by atomic mass is 16.6. The average molecular weight is 517 g/mol. The van der Waals surface area contributed by atoms with Crippen LogP contribution in [0.3, 0.4) is 0 Å². The van der Waals surface area contributed by atoms with E-state index in [1.807, 2.05) is 70.4 Å². The van der Waals surface area contributed by atoms with E-state index < -0.39 is 5.60 Å². The molecule has 0 aromatic heterocycles. The number of benzene rings is 1. The molecule has 2 amide bonds. The Bertz CT molecular complexity index is 904. The number of fused-ring (bicyclic) bond motifs is 1. The van der Waals surface area contributed by atoms with Crippen molar-refractivity contribution in [1.29, 1.82) is 0 Å². The molecule has 3 rings (SSSR count). The second kappa shape index (κ2) is 14.4. The molecule has 6 nitrogen and oxygen atoms in total. The maximum absolute atomic E-state index is 12.5. The Morgan fingerprint density at radius 2 is 1.70 bits per heavy atom. The maximum Gasteiger partial charge on any atom is 0.410 e. The lowest BCUT2D eigenvalue weighted by Gasteiger charge is -2.43. The number of phenols is 1. The topological polar surface area (TPSA) is 70.1 Å². The van der Waals surface area contributed by atoms with Crippen LogP contribution in [-0.2, 0) is 16.0 Å². The van der Waals surface area contributed by atoms with Gasteiger partial charge in [-0.25, -0.2) is 4.79 Å². The van der Waals surface area contributed by atoms with Gasteiger partial charge in [-0.05, 0) is 107 Å². The Balaban J connectivity index is 0.00000223. The largest absolute Gasteiger partial charge is 0.508 e. The van der Waals surface area contributed by atoms with Crippen molar-refractivity contribution < 1.29 is 19.4 Å². The SMILES string of the molecule is C.CC.CCN(CC)C(=O)CCCCC1=CC2(CCN(C(=O)OC(C)(C)C)CC2)Cc2ccc(O)cc21. The van der Waals surface area contributed by atoms with E-state index in [9.17, 15) is 14.7 Å². The number of rotatable bonds is 7. The van der Waals surface area contributed by atoms with Crippen molar-refractivity contribution in [3.8, 4) is 5.75 Å². The van der Waals surface area contributed by atoms with Crippen LogP contribution in [0.1, 0.15) is 106 Å². The van der Waals surface area contributed by atoms with Crippen LogP contribution in [-0.4, -0.2) is 58.7 Å². The Kier molecular flexibility index (Phi) is 12.7. The quantitative estimate of drug-likeness (QED) is 0.382. The highest BCUT2D eigenvalue weighted by Crippen LogP contribution is 2.46. The number of hydrogen-bond acceptors (Lipinski definition) is 4. The van der Waals surface area contributed by atoms with Crippen molar-refractivity contribution in [1.82, 2.24) is 9.80 Å². The number of amides is 2. The number of phenolic OH excluding ortho intramolecular Hbond substituents is 1. The number of allylic oxidation sites excluding steroid dienone is 2. The van der Waals surface area contributed by atoms with Crippen LogP contribution in [0.2, 0.25) is 0 Å². The van der Waals surface area contributed by atoms with E-state index >= 15 is 0 Å². The zero-order valence-corrected chi connectivity index (χ0v) is 23.7. The Morgan fingerprint density at radius 1 is 1.08 bits per heavy atom. The first-order valence-electron chi connectivity index (χ1n) is 13.9. The van der Waals surface area contributed by atoms with Gasteiger partial charge in [-0.15, -0.1) is 0 Å². The van der Waals surface area contributed by atoms with E-state index in [4.69, 9.17) is 4.74 Å². The molecular weight excluding hydrogens is 464 g/mol. The molecule has 210 valence electrons. The Morgan fingerprint density at radius 3 is 2.27 bits per heavy atom. The molecule has 0 atom stereocenters. The number of carbonyl (C=O) groups is 2. The van der Waals surface area contributed by atoms with Crippen molar-refractivity contribution in [3.05, 3.63) is 35.4 Å². The Labute approximate surface area is 226 Å². The van der Waals surface area contributed by atoms with Gasteiger partial charge in [0.1, 0.15) is 11.4 Å². The molecule has 1 N–H and O–H groups in total. The average Bonchev–Trinajstić information content (AvgIpc) is 2.83. The minimum atomic E-state index is -0.488. The fourth-order valence-electron chi connectivity index (χ4n) is 5.21. The normalized spacial score (nSPS) is 16.0. The summed E-state index contributed by atoms with van der Waals surface area (Å²) in [6.45, 7) is 16.6. The van der Waals surface area contributed by atoms with Gasteiger partial charge in [-0.2, -0.15) is 0 Å². The fraction of sp³-hybridized carbons (Fsp3) is 0.677. The highest BCUT2D eigenvalue weighted by Gasteiger charge is 2.38. The number of hydrogen-bond donors (Lipinski definition) is 1. The summed E-state index contributed by atoms with van der Waals surface area (Å²) < 4.78 is 5.57. The molecule has 1 aromatic carbocycles. The van der Waals surface area contributed by atoms with Crippen LogP contribution in [0.15, 0.2) is 24.3 Å². The number of nitrogens with zero attached hydrogens (tertiary/aromatic N) is 2. The molecule has 0 bridgehead atoms. The van der Waals surface area contributed by atoms with Crippen LogP contribution < -0.4 is 0 Å². The molecule has 1 aliphatic carbocycles. The molecular formula is C31H52N2O4. The lowest BCUT2D eigenvalue weighted by atomic mass is 9.67. The first-order valence-corrected chi connectivity index (χ1v) is 13.9. The molecule has 0 radical (unpaired) electrons. The van der Waals surface area contributed by atoms with Crippen molar-refractivity contribution in [3.63, 3.8) is 0 Å². The predicted octanol–water partition coefficient (Wildman–Crippen LogP) is 7.44. The first-order chi connectivity index (χ1) is 17.1. The van der Waals surface area contributed by atoms with Gasteiger partial charge in [0.05, 0.1) is 0 Å². The monoisotopic (exact) mass is 516 g/mol. The number of carbonyl (C=O) groups excluding carboxylic acids is 2. The van der Waals surface area contributed by atoms with Gasteiger partial charge in [0, 0.05) is 32.6 Å². The van der Waals surface area contributed by atoms with Gasteiger partial charge in [0.2, 0.25) is 5.91 Å². The molecule has 1 aromatic rings. The van der Waals surface area contributed by atoms with Gasteiger partial charge in [0.25, 0.3) is 0 Å². The minimum Gasteiger partial charge on any atom is -0.508 e. The van der Waals surface area contributed by atoms with E-state index in [0.717, 1.165) is 57.2 Å². The summed E-state index contributed by atoms with van der Waals surface area (Å²) in [7, 11) is 0. The summed E-state index contributed by atoms with van der Waals surface area (Å²) in [5, 5.41) is 10.1. The van der Waals surface area contributed by atoms with Crippen LogP contribution in [0.4, 0.5) is 4.79 Å². The molecule has 0 unspecified atom stereocenters. The van der Waals surface area contributed by atoms with Crippen molar-refractivity contribution in [2.24, 2.45) is 5.41 Å². The summed E-state index contributed by atoms with van der Waals surface area (Å²) >= 11 is 0. The van der Waals surface area contributed by atoms with E-state index in [0.29, 0.717) is 19.5 Å². The number of unbranched alkanes of at least 4 members (excludes halogenated alkanes) is 1. The van der Waals surface area contributed by atoms with Gasteiger partial charge in [-0.1, -0.05) is 33.4 Å². The zero-order chi connectivity index (χ0) is 26.9. The summed E-state index contributed by atoms with van der Waals surface area (Å²) in [6.07, 6.45) is 8.17. The van der Waals surface area contributed by atoms with Gasteiger partial charge >= 0.3 is 6.09 Å². The highest BCUT2D eigenvalue weighted by molar-refractivity contribution is 5.76. The third kappa shape index (κ3) is 9.08. The van der Waals surface area contributed by atoms with Gasteiger partial charge in [-0.3, -0.25) is 4.79 Å². The molecule has 1 saturated heterocycles. The van der Waals surface area contributed by atoms with Gasteiger partial charge in [0.15, 0.2) is 0 Å². The number of ether oxygens (including phenoxy) is 1. The molecule has 6 heteroatoms. The second-order valence-electron chi connectivity index (χ2n) is 10.8. The lowest BCUT2D eigenvalue weighted by Crippen LogP contribution is -2.46. The standard InChI is InChI=1S/C28H42N2O4.C2H6.CH4/c1-6-29(7-2)25(32)11-9-8-10-21-19-28(20-22-12-13-23(31)18-24(21)22)14-16-30(17-15-28)26(33)34-27(3,4)5;1-2;/h12-13,18-19,31H,6-11,14-17,20H2,1-5H3;1-2H3;1H4. The second-order valence-corrected chi connectivity index (χ2v) is 10.8. The van der Waals surface area contributed by atoms with Crippen LogP contribution in [0.25, 0.3) is 5.57 Å². The number of piperidine rings is 1. The van der Waals surface area contributed by atoms with Crippen LogP contribution >= 0.6 is 0 Å². The molecule has 1 aliphatic heterocycles. The lowest BCUT2D eigenvalue weighted by molar-refractivity contribution is -0.130. The maximum atomic E-state index is 12.5. The summed E-state index contributed by atoms with van der Waals surface area (Å²) in [4.78, 5) is 28.6. The minimum absolute atomic E-state index is 0. The van der Waals surface area contributed by atoms with E-state index in [2.05, 4.69) is 6.08 Å². The predicted molar refractivity (Wildman–Crippen MR) is 154 cm³/mol. The first kappa shape index (κ1) is 32.5. The van der Waals surface area contributed by atoms with Crippen molar-refractivity contribution in [2.45, 2.75) is 106 Å². The molecule has 0 saturated carbocycles. The Hall–Kier alpha value is -2.50. The van der Waals surface area contributed by atoms with Gasteiger partial charge < -0.3 is 19.6 Å². The summed E-state index contributed by atoms with van der Waals surface area (Å²) in [5.41, 5.74) is 3.20. The van der Waals surface area contributed by atoms with Crippen molar-refractivity contribution >= 4 is 17.6 Å². The summed E-state index contributed by atoms with van der Waals surface area (Å²) in [6, 6.07) is 5.70. The molecule has 1 spiro atoms. The molecule has 1 fully saturated rings. The van der Waals surface area contributed by atoms with Crippen LogP contribution in [0.5, 0.6) is 5.75 Å². The zero-order valence-electron chi connectivity index (χ0n) is 23.7. The number of likely N-dealkylation sites (tertiary alicyclic amines) is 1. The summed E-state index contributed by atoms with van der Waals surface area (Å²) in [5.74, 6) is 0.517. The third-order valence-electron chi connectivity index (χ3n) is 7.08. The molecule has 2 aliphatic rings. The van der Waals surface area contributed by atoms with Crippen LogP contribution in [0, 0.1) is 5.41 Å². The number of aromatic hydroxyl groups is 1. The smallest absolute Gasteiger partial charge is 0.410 e. The fourth-order valence-corrected chi connectivity index (χ4v) is 5.21.